The highest BCUT2D eigenvalue weighted by molar-refractivity contribution is 14.0. The number of sulfonamides is 1. The van der Waals surface area contributed by atoms with Gasteiger partial charge < -0.3 is 10.2 Å². The van der Waals surface area contributed by atoms with E-state index in [1.54, 1.807) is 12.1 Å². The summed E-state index contributed by atoms with van der Waals surface area (Å²) in [4.78, 5) is 7.34. The molecular formula is C21H29IN4O2S. The van der Waals surface area contributed by atoms with Crippen LogP contribution in [0.15, 0.2) is 64.5 Å². The summed E-state index contributed by atoms with van der Waals surface area (Å²) in [6, 6.07) is 17.5. The van der Waals surface area contributed by atoms with Crippen LogP contribution in [0.3, 0.4) is 0 Å². The van der Waals surface area contributed by atoms with E-state index >= 15 is 0 Å². The maximum atomic E-state index is 11.8. The molecule has 1 fully saturated rings. The van der Waals surface area contributed by atoms with Gasteiger partial charge >= 0.3 is 0 Å². The highest BCUT2D eigenvalue weighted by atomic mass is 127. The molecule has 6 nitrogen and oxygen atoms in total. The summed E-state index contributed by atoms with van der Waals surface area (Å²) in [7, 11) is -2.00. The Balaban J connectivity index is 0.00000300. The summed E-state index contributed by atoms with van der Waals surface area (Å²) in [5, 5.41) is 3.38. The molecule has 2 aromatic carbocycles. The summed E-state index contributed by atoms with van der Waals surface area (Å²) in [6.45, 7) is 5.32. The van der Waals surface area contributed by atoms with Gasteiger partial charge in [-0.1, -0.05) is 42.5 Å². The van der Waals surface area contributed by atoms with E-state index in [4.69, 9.17) is 4.99 Å². The van der Waals surface area contributed by atoms with E-state index in [1.807, 2.05) is 12.1 Å². The van der Waals surface area contributed by atoms with Gasteiger partial charge in [-0.25, -0.2) is 18.1 Å². The molecule has 2 aromatic rings. The second-order valence-electron chi connectivity index (χ2n) is 6.86. The monoisotopic (exact) mass is 528 g/mol. The molecule has 8 heteroatoms. The predicted molar refractivity (Wildman–Crippen MR) is 128 cm³/mol. The number of hydrogen-bond donors (Lipinski definition) is 2. The molecule has 0 aliphatic carbocycles. The van der Waals surface area contributed by atoms with Crippen molar-refractivity contribution in [2.75, 3.05) is 26.7 Å². The molecule has 3 rings (SSSR count). The predicted octanol–water partition coefficient (Wildman–Crippen LogP) is 3.17. The van der Waals surface area contributed by atoms with Gasteiger partial charge in [0.25, 0.3) is 0 Å². The lowest BCUT2D eigenvalue weighted by Crippen LogP contribution is -2.40. The standard InChI is InChI=1S/C21H28N4O2S.HI/c1-3-23-21(25-14-13-19(16-25)18-7-5-4-6-8-18)24-15-17-9-11-20(12-10-17)28(26,27)22-2;/h4-12,19,22H,3,13-16H2,1-2H3,(H,23,24);1H. The largest absolute Gasteiger partial charge is 0.357 e. The van der Waals surface area contributed by atoms with Crippen LogP contribution in [0.1, 0.15) is 30.4 Å². The summed E-state index contributed by atoms with van der Waals surface area (Å²) >= 11 is 0. The maximum absolute atomic E-state index is 11.8. The van der Waals surface area contributed by atoms with Gasteiger partial charge in [0, 0.05) is 25.6 Å². The summed E-state index contributed by atoms with van der Waals surface area (Å²) in [6.07, 6.45) is 1.12. The SMILES string of the molecule is CCNC(=NCc1ccc(S(=O)(=O)NC)cc1)N1CCC(c2ccccc2)C1.I. The summed E-state index contributed by atoms with van der Waals surface area (Å²) in [5.41, 5.74) is 2.35. The van der Waals surface area contributed by atoms with Crippen LogP contribution in [0, 0.1) is 0 Å². The van der Waals surface area contributed by atoms with E-state index in [0.717, 1.165) is 37.6 Å². The Morgan fingerprint density at radius 1 is 1.14 bits per heavy atom. The number of halogens is 1. The molecule has 158 valence electrons. The third-order valence-corrected chi connectivity index (χ3v) is 6.44. The Morgan fingerprint density at radius 2 is 1.83 bits per heavy atom. The quantitative estimate of drug-likeness (QED) is 0.343. The van der Waals surface area contributed by atoms with E-state index in [9.17, 15) is 8.42 Å². The Bertz CT molecular complexity index is 902. The highest BCUT2D eigenvalue weighted by Crippen LogP contribution is 2.27. The maximum Gasteiger partial charge on any atom is 0.240 e. The number of rotatable bonds is 6. The van der Waals surface area contributed by atoms with Crippen molar-refractivity contribution in [3.63, 3.8) is 0 Å². The van der Waals surface area contributed by atoms with E-state index in [2.05, 4.69) is 52.2 Å². The van der Waals surface area contributed by atoms with Crippen LogP contribution in [-0.4, -0.2) is 46.0 Å². The Morgan fingerprint density at radius 3 is 2.45 bits per heavy atom. The zero-order valence-corrected chi connectivity index (χ0v) is 20.0. The van der Waals surface area contributed by atoms with Crippen LogP contribution in [-0.2, 0) is 16.6 Å². The first-order valence-corrected chi connectivity index (χ1v) is 11.1. The molecule has 1 aliphatic rings. The van der Waals surface area contributed by atoms with Crippen molar-refractivity contribution in [3.8, 4) is 0 Å². The second kappa shape index (κ2) is 10.9. The van der Waals surface area contributed by atoms with Crippen molar-refractivity contribution >= 4 is 40.0 Å². The molecule has 1 saturated heterocycles. The lowest BCUT2D eigenvalue weighted by molar-refractivity contribution is 0.486. The lowest BCUT2D eigenvalue weighted by Gasteiger charge is -2.22. The van der Waals surface area contributed by atoms with Gasteiger partial charge in [0.1, 0.15) is 0 Å². The summed E-state index contributed by atoms with van der Waals surface area (Å²) < 4.78 is 26.0. The second-order valence-corrected chi connectivity index (χ2v) is 8.75. The van der Waals surface area contributed by atoms with E-state index in [-0.39, 0.29) is 28.9 Å². The fourth-order valence-corrected chi connectivity index (χ4v) is 4.16. The minimum atomic E-state index is -3.41. The first-order valence-electron chi connectivity index (χ1n) is 9.64. The molecule has 0 aromatic heterocycles. The molecule has 0 saturated carbocycles. The molecule has 0 spiro atoms. The lowest BCUT2D eigenvalue weighted by atomic mass is 9.99. The molecular weight excluding hydrogens is 499 g/mol. The average Bonchev–Trinajstić information content (AvgIpc) is 3.22. The number of guanidine groups is 1. The number of benzene rings is 2. The van der Waals surface area contributed by atoms with Crippen LogP contribution in [0.2, 0.25) is 0 Å². The van der Waals surface area contributed by atoms with E-state index in [1.165, 1.54) is 12.6 Å². The number of nitrogens with zero attached hydrogens (tertiary/aromatic N) is 2. The van der Waals surface area contributed by atoms with E-state index in [0.29, 0.717) is 12.5 Å². The minimum Gasteiger partial charge on any atom is -0.357 e. The molecule has 1 heterocycles. The Hall–Kier alpha value is -1.65. The van der Waals surface area contributed by atoms with Crippen LogP contribution in [0.5, 0.6) is 0 Å². The molecule has 0 bridgehead atoms. The van der Waals surface area contributed by atoms with Crippen molar-refractivity contribution in [2.24, 2.45) is 4.99 Å². The Labute approximate surface area is 190 Å². The zero-order chi connectivity index (χ0) is 20.0. The van der Waals surface area contributed by atoms with Gasteiger partial charge in [0.2, 0.25) is 10.0 Å². The van der Waals surface area contributed by atoms with Crippen LogP contribution >= 0.6 is 24.0 Å². The Kier molecular flexibility index (Phi) is 8.91. The molecule has 2 N–H and O–H groups in total. The smallest absolute Gasteiger partial charge is 0.240 e. The van der Waals surface area contributed by atoms with Gasteiger partial charge in [0.05, 0.1) is 11.4 Å². The molecule has 1 unspecified atom stereocenters. The van der Waals surface area contributed by atoms with Crippen molar-refractivity contribution in [3.05, 3.63) is 65.7 Å². The molecule has 29 heavy (non-hydrogen) atoms. The van der Waals surface area contributed by atoms with E-state index < -0.39 is 10.0 Å². The van der Waals surface area contributed by atoms with Crippen molar-refractivity contribution in [1.82, 2.24) is 14.9 Å². The van der Waals surface area contributed by atoms with Gasteiger partial charge in [-0.3, -0.25) is 0 Å². The van der Waals surface area contributed by atoms with Crippen LogP contribution < -0.4 is 10.0 Å². The van der Waals surface area contributed by atoms with Gasteiger partial charge in [-0.15, -0.1) is 24.0 Å². The first kappa shape index (κ1) is 23.6. The third kappa shape index (κ3) is 6.16. The van der Waals surface area contributed by atoms with Crippen molar-refractivity contribution in [1.29, 1.82) is 0 Å². The normalized spacial score (nSPS) is 17.1. The first-order chi connectivity index (χ1) is 13.5. The molecule has 0 amide bonds. The number of likely N-dealkylation sites (tertiary alicyclic amines) is 1. The fraction of sp³-hybridized carbons (Fsp3) is 0.381. The zero-order valence-electron chi connectivity index (χ0n) is 16.8. The number of nitrogens with one attached hydrogen (secondary N) is 2. The number of aliphatic imine (C=N–C) groups is 1. The molecule has 0 radical (unpaired) electrons. The van der Waals surface area contributed by atoms with Crippen LogP contribution in [0.25, 0.3) is 0 Å². The van der Waals surface area contributed by atoms with Gasteiger partial charge in [-0.2, -0.15) is 0 Å². The average molecular weight is 528 g/mol. The minimum absolute atomic E-state index is 0. The van der Waals surface area contributed by atoms with Gasteiger partial charge in [0.15, 0.2) is 5.96 Å². The van der Waals surface area contributed by atoms with Crippen molar-refractivity contribution < 1.29 is 8.42 Å². The van der Waals surface area contributed by atoms with Crippen molar-refractivity contribution in [2.45, 2.75) is 30.7 Å². The van der Waals surface area contributed by atoms with Gasteiger partial charge in [-0.05, 0) is 43.7 Å². The highest BCUT2D eigenvalue weighted by Gasteiger charge is 2.25. The topological polar surface area (TPSA) is 73.8 Å². The summed E-state index contributed by atoms with van der Waals surface area (Å²) in [5.74, 6) is 1.43. The molecule has 1 atom stereocenters. The molecule has 1 aliphatic heterocycles. The van der Waals surface area contributed by atoms with Crippen LogP contribution in [0.4, 0.5) is 0 Å². The third-order valence-electron chi connectivity index (χ3n) is 5.01. The fourth-order valence-electron chi connectivity index (χ4n) is 3.43. The number of hydrogen-bond acceptors (Lipinski definition) is 3.